The molecule has 26 heavy (non-hydrogen) atoms. The van der Waals surface area contributed by atoms with Gasteiger partial charge < -0.3 is 14.8 Å². The van der Waals surface area contributed by atoms with Gasteiger partial charge in [-0.2, -0.15) is 0 Å². The molecule has 0 radical (unpaired) electrons. The molecule has 0 spiro atoms. The fraction of sp³-hybridized carbons (Fsp3) is 0.211. The number of hydrogen-bond acceptors (Lipinski definition) is 5. The molecular weight excluding hydrogens is 336 g/mol. The third-order valence-corrected chi connectivity index (χ3v) is 4.08. The van der Waals surface area contributed by atoms with Crippen molar-refractivity contribution in [2.24, 2.45) is 0 Å². The molecule has 1 heterocycles. The largest absolute Gasteiger partial charge is 0.454 e. The van der Waals surface area contributed by atoms with E-state index in [2.05, 4.69) is 5.32 Å². The van der Waals surface area contributed by atoms with E-state index in [1.165, 1.54) is 24.3 Å². The summed E-state index contributed by atoms with van der Waals surface area (Å²) in [5.41, 5.74) is 1.27. The lowest BCUT2D eigenvalue weighted by Crippen LogP contribution is -2.25. The standard InChI is InChI=1S/C19H18N2O5/c1-13(14-5-3-2-4-6-14)11-20-19(22)8-7-15-9-17-18(26-12-25-17)10-16(15)21(23)24/h2-10,13H,11-12H2,1H3,(H,20,22)/b8-7+/t13-/m0/s1. The zero-order valence-corrected chi connectivity index (χ0v) is 14.2. The predicted octanol–water partition coefficient (Wildman–Crippen LogP) is 3.26. The molecule has 1 aliphatic rings. The van der Waals surface area contributed by atoms with E-state index in [1.807, 2.05) is 37.3 Å². The molecule has 1 amide bonds. The highest BCUT2D eigenvalue weighted by molar-refractivity contribution is 5.92. The highest BCUT2D eigenvalue weighted by Crippen LogP contribution is 2.38. The summed E-state index contributed by atoms with van der Waals surface area (Å²) in [5, 5.41) is 14.0. The first kappa shape index (κ1) is 17.5. The normalized spacial score (nSPS) is 13.6. The average Bonchev–Trinajstić information content (AvgIpc) is 3.11. The maximum absolute atomic E-state index is 12.0. The maximum Gasteiger partial charge on any atom is 0.280 e. The molecule has 3 rings (SSSR count). The van der Waals surface area contributed by atoms with E-state index in [1.54, 1.807) is 0 Å². The van der Waals surface area contributed by atoms with Crippen LogP contribution in [-0.2, 0) is 4.79 Å². The number of hydrogen-bond donors (Lipinski definition) is 1. The highest BCUT2D eigenvalue weighted by Gasteiger charge is 2.22. The second kappa shape index (κ2) is 7.69. The molecule has 0 bridgehead atoms. The number of nitrogens with one attached hydrogen (secondary N) is 1. The van der Waals surface area contributed by atoms with E-state index in [9.17, 15) is 14.9 Å². The fourth-order valence-corrected chi connectivity index (χ4v) is 2.62. The van der Waals surface area contributed by atoms with Gasteiger partial charge in [-0.05, 0) is 23.6 Å². The number of fused-ring (bicyclic) bond motifs is 1. The third kappa shape index (κ3) is 4.00. The Morgan fingerprint density at radius 3 is 2.65 bits per heavy atom. The lowest BCUT2D eigenvalue weighted by Gasteiger charge is -2.11. The van der Waals surface area contributed by atoms with Gasteiger partial charge in [0.1, 0.15) is 0 Å². The smallest absolute Gasteiger partial charge is 0.280 e. The second-order valence-electron chi connectivity index (χ2n) is 5.91. The Kier molecular flexibility index (Phi) is 5.17. The zero-order chi connectivity index (χ0) is 18.5. The lowest BCUT2D eigenvalue weighted by molar-refractivity contribution is -0.385. The minimum absolute atomic E-state index is 0.0253. The van der Waals surface area contributed by atoms with Crippen molar-refractivity contribution < 1.29 is 19.2 Å². The molecule has 0 saturated carbocycles. The molecule has 134 valence electrons. The van der Waals surface area contributed by atoms with Gasteiger partial charge in [-0.15, -0.1) is 0 Å². The Balaban J connectivity index is 1.66. The second-order valence-corrected chi connectivity index (χ2v) is 5.91. The maximum atomic E-state index is 12.0. The van der Waals surface area contributed by atoms with Gasteiger partial charge in [-0.25, -0.2) is 0 Å². The molecule has 1 N–H and O–H groups in total. The van der Waals surface area contributed by atoms with Crippen LogP contribution in [0.25, 0.3) is 6.08 Å². The molecule has 0 fully saturated rings. The van der Waals surface area contributed by atoms with E-state index < -0.39 is 4.92 Å². The Morgan fingerprint density at radius 1 is 1.27 bits per heavy atom. The van der Waals surface area contributed by atoms with Gasteiger partial charge in [-0.3, -0.25) is 14.9 Å². The van der Waals surface area contributed by atoms with E-state index in [0.29, 0.717) is 18.0 Å². The number of nitro groups is 1. The number of carbonyl (C=O) groups is 1. The highest BCUT2D eigenvalue weighted by atomic mass is 16.7. The van der Waals surface area contributed by atoms with E-state index >= 15 is 0 Å². The number of benzene rings is 2. The Morgan fingerprint density at radius 2 is 1.96 bits per heavy atom. The summed E-state index contributed by atoms with van der Waals surface area (Å²) in [5.74, 6) is 0.594. The molecule has 0 aliphatic carbocycles. The molecule has 2 aromatic carbocycles. The fourth-order valence-electron chi connectivity index (χ4n) is 2.62. The molecular formula is C19H18N2O5. The van der Waals surface area contributed by atoms with Crippen LogP contribution >= 0.6 is 0 Å². The summed E-state index contributed by atoms with van der Waals surface area (Å²) in [6, 6.07) is 12.6. The number of nitrogens with zero attached hydrogens (tertiary/aromatic N) is 1. The molecule has 0 unspecified atom stereocenters. The molecule has 7 nitrogen and oxygen atoms in total. The first-order valence-corrected chi connectivity index (χ1v) is 8.13. The Bertz CT molecular complexity index is 849. The van der Waals surface area contributed by atoms with E-state index in [-0.39, 0.29) is 29.9 Å². The van der Waals surface area contributed by atoms with Gasteiger partial charge in [0, 0.05) is 12.6 Å². The quantitative estimate of drug-likeness (QED) is 0.488. The number of rotatable bonds is 6. The van der Waals surface area contributed by atoms with Crippen molar-refractivity contribution in [3.05, 3.63) is 69.8 Å². The van der Waals surface area contributed by atoms with Gasteiger partial charge in [0.05, 0.1) is 16.6 Å². The number of carbonyl (C=O) groups excluding carboxylic acids is 1. The molecule has 1 aliphatic heterocycles. The van der Waals surface area contributed by atoms with Gasteiger partial charge in [0.2, 0.25) is 12.7 Å². The topological polar surface area (TPSA) is 90.7 Å². The molecule has 0 saturated heterocycles. The summed E-state index contributed by atoms with van der Waals surface area (Å²) in [4.78, 5) is 22.7. The van der Waals surface area contributed by atoms with Crippen molar-refractivity contribution in [3.63, 3.8) is 0 Å². The zero-order valence-electron chi connectivity index (χ0n) is 14.2. The summed E-state index contributed by atoms with van der Waals surface area (Å²) in [6.45, 7) is 2.51. The molecule has 0 aromatic heterocycles. The van der Waals surface area contributed by atoms with Crippen LogP contribution in [0.15, 0.2) is 48.5 Å². The van der Waals surface area contributed by atoms with Crippen LogP contribution < -0.4 is 14.8 Å². The van der Waals surface area contributed by atoms with Crippen molar-refractivity contribution >= 4 is 17.7 Å². The van der Waals surface area contributed by atoms with Crippen LogP contribution in [0.2, 0.25) is 0 Å². The van der Waals surface area contributed by atoms with Crippen LogP contribution in [-0.4, -0.2) is 24.2 Å². The van der Waals surface area contributed by atoms with Crippen molar-refractivity contribution in [3.8, 4) is 11.5 Å². The number of ether oxygens (including phenoxy) is 2. The van der Waals surface area contributed by atoms with Gasteiger partial charge in [0.15, 0.2) is 11.5 Å². The summed E-state index contributed by atoms with van der Waals surface area (Å²) in [6.07, 6.45) is 2.69. The van der Waals surface area contributed by atoms with E-state index in [0.717, 1.165) is 5.56 Å². The average molecular weight is 354 g/mol. The Labute approximate surface area is 150 Å². The SMILES string of the molecule is C[C@@H](CNC(=O)/C=C/c1cc2c(cc1[N+](=O)[O-])OCO2)c1ccccc1. The summed E-state index contributed by atoms with van der Waals surface area (Å²) >= 11 is 0. The first-order chi connectivity index (χ1) is 12.5. The summed E-state index contributed by atoms with van der Waals surface area (Å²) in [7, 11) is 0. The Hall–Kier alpha value is -3.35. The van der Waals surface area contributed by atoms with Crippen molar-refractivity contribution in [2.45, 2.75) is 12.8 Å². The predicted molar refractivity (Wildman–Crippen MR) is 96.1 cm³/mol. The van der Waals surface area contributed by atoms with Crippen molar-refractivity contribution in [1.29, 1.82) is 0 Å². The summed E-state index contributed by atoms with van der Waals surface area (Å²) < 4.78 is 10.4. The minimum atomic E-state index is -0.517. The van der Waals surface area contributed by atoms with Crippen LogP contribution in [0.5, 0.6) is 11.5 Å². The monoisotopic (exact) mass is 354 g/mol. The third-order valence-electron chi connectivity index (χ3n) is 4.08. The van der Waals surface area contributed by atoms with Crippen LogP contribution in [0.1, 0.15) is 24.0 Å². The molecule has 2 aromatic rings. The first-order valence-electron chi connectivity index (χ1n) is 8.13. The van der Waals surface area contributed by atoms with Crippen LogP contribution in [0.3, 0.4) is 0 Å². The van der Waals surface area contributed by atoms with Gasteiger partial charge in [-0.1, -0.05) is 37.3 Å². The lowest BCUT2D eigenvalue weighted by atomic mass is 10.0. The number of nitro benzene ring substituents is 1. The number of amides is 1. The molecule has 1 atom stereocenters. The minimum Gasteiger partial charge on any atom is -0.454 e. The van der Waals surface area contributed by atoms with E-state index in [4.69, 9.17) is 9.47 Å². The van der Waals surface area contributed by atoms with Gasteiger partial charge in [0.25, 0.3) is 5.69 Å². The van der Waals surface area contributed by atoms with Crippen molar-refractivity contribution in [1.82, 2.24) is 5.32 Å². The van der Waals surface area contributed by atoms with Crippen molar-refractivity contribution in [2.75, 3.05) is 13.3 Å². The van der Waals surface area contributed by atoms with Crippen LogP contribution in [0, 0.1) is 10.1 Å². The van der Waals surface area contributed by atoms with Crippen LogP contribution in [0.4, 0.5) is 5.69 Å². The molecule has 7 heteroatoms. The van der Waals surface area contributed by atoms with Gasteiger partial charge >= 0.3 is 0 Å².